The molecule has 0 aromatic heterocycles. The van der Waals surface area contributed by atoms with E-state index in [0.29, 0.717) is 19.1 Å². The Balaban J connectivity index is 0.00000320. The lowest BCUT2D eigenvalue weighted by Gasteiger charge is -2.13. The molecule has 3 rings (SSSR count). The van der Waals surface area contributed by atoms with Crippen LogP contribution >= 0.6 is 24.0 Å². The first kappa shape index (κ1) is 24.7. The van der Waals surface area contributed by atoms with Gasteiger partial charge < -0.3 is 24.8 Å². The SMILES string of the molecule is CCNC(=NCCCOCC1CCOC1)NCCOc1cccc2ccccc12.I. The van der Waals surface area contributed by atoms with E-state index in [4.69, 9.17) is 14.2 Å². The quantitative estimate of drug-likeness (QED) is 0.201. The highest BCUT2D eigenvalue weighted by Gasteiger charge is 2.15. The van der Waals surface area contributed by atoms with Crippen LogP contribution in [-0.2, 0) is 9.47 Å². The second-order valence-corrected chi connectivity index (χ2v) is 7.17. The molecule has 2 aromatic carbocycles. The molecule has 0 radical (unpaired) electrons. The molecule has 0 bridgehead atoms. The van der Waals surface area contributed by atoms with Crippen molar-refractivity contribution >= 4 is 40.7 Å². The monoisotopic (exact) mass is 527 g/mol. The summed E-state index contributed by atoms with van der Waals surface area (Å²) in [5, 5.41) is 8.93. The largest absolute Gasteiger partial charge is 0.491 e. The third kappa shape index (κ3) is 8.28. The van der Waals surface area contributed by atoms with E-state index in [0.717, 1.165) is 69.5 Å². The fraction of sp³-hybridized carbons (Fsp3) is 0.522. The van der Waals surface area contributed by atoms with Gasteiger partial charge in [0, 0.05) is 37.6 Å². The Labute approximate surface area is 196 Å². The van der Waals surface area contributed by atoms with E-state index in [1.54, 1.807) is 0 Å². The molecule has 0 aliphatic carbocycles. The van der Waals surface area contributed by atoms with Crippen LogP contribution in [0.5, 0.6) is 5.75 Å². The number of benzene rings is 2. The van der Waals surface area contributed by atoms with Crippen molar-refractivity contribution < 1.29 is 14.2 Å². The average molecular weight is 527 g/mol. The van der Waals surface area contributed by atoms with Crippen LogP contribution in [0.1, 0.15) is 19.8 Å². The number of hydrogen-bond acceptors (Lipinski definition) is 4. The van der Waals surface area contributed by atoms with Gasteiger partial charge in [-0.05, 0) is 31.2 Å². The van der Waals surface area contributed by atoms with Crippen LogP contribution in [-0.4, -0.2) is 58.6 Å². The van der Waals surface area contributed by atoms with Crippen LogP contribution in [0.3, 0.4) is 0 Å². The molecular formula is C23H34IN3O3. The number of ether oxygens (including phenoxy) is 3. The van der Waals surface area contributed by atoms with Crippen LogP contribution in [0.2, 0.25) is 0 Å². The number of guanidine groups is 1. The van der Waals surface area contributed by atoms with Crippen molar-refractivity contribution in [2.75, 3.05) is 52.7 Å². The second-order valence-electron chi connectivity index (χ2n) is 7.17. The van der Waals surface area contributed by atoms with Crippen molar-refractivity contribution in [1.82, 2.24) is 10.6 Å². The summed E-state index contributed by atoms with van der Waals surface area (Å²) in [5.74, 6) is 2.30. The molecule has 6 nitrogen and oxygen atoms in total. The van der Waals surface area contributed by atoms with Crippen molar-refractivity contribution in [1.29, 1.82) is 0 Å². The van der Waals surface area contributed by atoms with Crippen molar-refractivity contribution in [3.05, 3.63) is 42.5 Å². The van der Waals surface area contributed by atoms with Crippen molar-refractivity contribution in [3.8, 4) is 5.75 Å². The topological polar surface area (TPSA) is 64.1 Å². The Kier molecular flexibility index (Phi) is 11.9. The van der Waals surface area contributed by atoms with Gasteiger partial charge in [-0.2, -0.15) is 0 Å². The van der Waals surface area contributed by atoms with Crippen LogP contribution in [0.4, 0.5) is 0 Å². The zero-order valence-electron chi connectivity index (χ0n) is 17.8. The first-order chi connectivity index (χ1) is 14.4. The first-order valence-corrected chi connectivity index (χ1v) is 10.6. The van der Waals surface area contributed by atoms with E-state index in [-0.39, 0.29) is 24.0 Å². The van der Waals surface area contributed by atoms with Gasteiger partial charge in [0.1, 0.15) is 12.4 Å². The predicted octanol–water partition coefficient (Wildman–Crippen LogP) is 3.83. The van der Waals surface area contributed by atoms with E-state index in [1.807, 2.05) is 24.3 Å². The first-order valence-electron chi connectivity index (χ1n) is 10.6. The minimum atomic E-state index is 0. The van der Waals surface area contributed by atoms with Gasteiger partial charge >= 0.3 is 0 Å². The molecule has 1 saturated heterocycles. The van der Waals surface area contributed by atoms with E-state index >= 15 is 0 Å². The standard InChI is InChI=1S/C23H33N3O3.HI/c1-2-24-23(25-12-6-14-27-17-19-11-15-28-18-19)26-13-16-29-22-10-5-8-20-7-3-4-9-21(20)22;/h3-5,7-10,19H,2,6,11-18H2,1H3,(H2,24,25,26);1H. The van der Waals surface area contributed by atoms with Gasteiger partial charge in [-0.1, -0.05) is 36.4 Å². The molecule has 0 spiro atoms. The number of aliphatic imine (C=N–C) groups is 1. The van der Waals surface area contributed by atoms with E-state index in [1.165, 1.54) is 5.39 Å². The molecule has 2 N–H and O–H groups in total. The van der Waals surface area contributed by atoms with Gasteiger partial charge in [0.25, 0.3) is 0 Å². The van der Waals surface area contributed by atoms with E-state index in [2.05, 4.69) is 40.7 Å². The van der Waals surface area contributed by atoms with Crippen LogP contribution < -0.4 is 15.4 Å². The Hall–Kier alpha value is -1.58. The number of nitrogens with one attached hydrogen (secondary N) is 2. The summed E-state index contributed by atoms with van der Waals surface area (Å²) < 4.78 is 17.1. The van der Waals surface area contributed by atoms with Gasteiger partial charge in [0.05, 0.1) is 19.8 Å². The predicted molar refractivity (Wildman–Crippen MR) is 133 cm³/mol. The summed E-state index contributed by atoms with van der Waals surface area (Å²) in [4.78, 5) is 4.61. The molecule has 1 fully saturated rings. The molecule has 2 aromatic rings. The number of nitrogens with zero attached hydrogens (tertiary/aromatic N) is 1. The zero-order valence-corrected chi connectivity index (χ0v) is 20.1. The molecule has 7 heteroatoms. The normalized spacial score (nSPS) is 16.3. The third-order valence-electron chi connectivity index (χ3n) is 4.84. The number of hydrogen-bond donors (Lipinski definition) is 2. The maximum Gasteiger partial charge on any atom is 0.191 e. The molecule has 1 aliphatic heterocycles. The molecule has 1 unspecified atom stereocenters. The summed E-state index contributed by atoms with van der Waals surface area (Å²) in [6, 6.07) is 14.4. The van der Waals surface area contributed by atoms with Crippen molar-refractivity contribution in [3.63, 3.8) is 0 Å². The minimum Gasteiger partial charge on any atom is -0.491 e. The second kappa shape index (κ2) is 14.4. The highest BCUT2D eigenvalue weighted by atomic mass is 127. The van der Waals surface area contributed by atoms with Gasteiger partial charge in [-0.25, -0.2) is 0 Å². The van der Waals surface area contributed by atoms with E-state index < -0.39 is 0 Å². The van der Waals surface area contributed by atoms with Gasteiger partial charge in [0.2, 0.25) is 0 Å². The van der Waals surface area contributed by atoms with Gasteiger partial charge in [0.15, 0.2) is 5.96 Å². The van der Waals surface area contributed by atoms with Crippen molar-refractivity contribution in [2.45, 2.75) is 19.8 Å². The maximum atomic E-state index is 5.98. The average Bonchev–Trinajstić information content (AvgIpc) is 3.27. The van der Waals surface area contributed by atoms with Gasteiger partial charge in [-0.15, -0.1) is 24.0 Å². The van der Waals surface area contributed by atoms with Crippen molar-refractivity contribution in [2.24, 2.45) is 10.9 Å². The Morgan fingerprint density at radius 3 is 2.83 bits per heavy atom. The molecule has 0 saturated carbocycles. The molecule has 166 valence electrons. The molecule has 1 atom stereocenters. The Morgan fingerprint density at radius 2 is 2.00 bits per heavy atom. The highest BCUT2D eigenvalue weighted by Crippen LogP contribution is 2.24. The summed E-state index contributed by atoms with van der Waals surface area (Å²) >= 11 is 0. The highest BCUT2D eigenvalue weighted by molar-refractivity contribution is 14.0. The molecule has 30 heavy (non-hydrogen) atoms. The summed E-state index contributed by atoms with van der Waals surface area (Å²) in [7, 11) is 0. The van der Waals surface area contributed by atoms with E-state index in [9.17, 15) is 0 Å². The number of fused-ring (bicyclic) bond motifs is 1. The van der Waals surface area contributed by atoms with Crippen LogP contribution in [0, 0.1) is 5.92 Å². The minimum absolute atomic E-state index is 0. The molecule has 0 amide bonds. The number of halogens is 1. The lowest BCUT2D eigenvalue weighted by molar-refractivity contribution is 0.0893. The summed E-state index contributed by atoms with van der Waals surface area (Å²) in [6.07, 6.45) is 2.03. The van der Waals surface area contributed by atoms with Crippen LogP contribution in [0.25, 0.3) is 10.8 Å². The summed E-state index contributed by atoms with van der Waals surface area (Å²) in [6.45, 7) is 8.15. The Bertz CT molecular complexity index is 761. The maximum absolute atomic E-state index is 5.98. The Morgan fingerprint density at radius 1 is 1.13 bits per heavy atom. The van der Waals surface area contributed by atoms with Gasteiger partial charge in [-0.3, -0.25) is 4.99 Å². The molecular weight excluding hydrogens is 493 g/mol. The summed E-state index contributed by atoms with van der Waals surface area (Å²) in [5.41, 5.74) is 0. The number of rotatable bonds is 11. The lowest BCUT2D eigenvalue weighted by Crippen LogP contribution is -2.39. The van der Waals surface area contributed by atoms with Crippen LogP contribution in [0.15, 0.2) is 47.5 Å². The fourth-order valence-electron chi connectivity index (χ4n) is 3.32. The fourth-order valence-corrected chi connectivity index (χ4v) is 3.32. The zero-order chi connectivity index (χ0) is 20.2. The third-order valence-corrected chi connectivity index (χ3v) is 4.84. The molecule has 1 aliphatic rings. The smallest absolute Gasteiger partial charge is 0.191 e. The lowest BCUT2D eigenvalue weighted by atomic mass is 10.1. The molecule has 1 heterocycles.